The molecule has 1 fully saturated rings. The summed E-state index contributed by atoms with van der Waals surface area (Å²) in [4.78, 5) is 25.4. The largest absolute Gasteiger partial charge is 0.496 e. The molecule has 3 rings (SSSR count). The lowest BCUT2D eigenvalue weighted by Crippen LogP contribution is -2.40. The molecule has 1 aliphatic carbocycles. The quantitative estimate of drug-likeness (QED) is 0.696. The van der Waals surface area contributed by atoms with E-state index >= 15 is 0 Å². The molecular weight excluding hydrogens is 364 g/mol. The van der Waals surface area contributed by atoms with Gasteiger partial charge in [-0.15, -0.1) is 0 Å². The Morgan fingerprint density at radius 3 is 2.24 bits per heavy atom. The van der Waals surface area contributed by atoms with Gasteiger partial charge in [0.05, 0.1) is 7.11 Å². The van der Waals surface area contributed by atoms with Crippen LogP contribution in [0, 0.1) is 5.41 Å². The van der Waals surface area contributed by atoms with Gasteiger partial charge in [-0.3, -0.25) is 9.59 Å². The number of rotatable bonds is 7. The first-order valence-corrected chi connectivity index (χ1v) is 10.1. The smallest absolute Gasteiger partial charge is 0.240 e. The van der Waals surface area contributed by atoms with Gasteiger partial charge in [0.2, 0.25) is 11.8 Å². The van der Waals surface area contributed by atoms with Crippen LogP contribution in [0.3, 0.4) is 0 Å². The molecule has 2 aromatic rings. The molecule has 2 amide bonds. The van der Waals surface area contributed by atoms with Crippen molar-refractivity contribution in [2.75, 3.05) is 19.0 Å². The topological polar surface area (TPSA) is 67.4 Å². The SMILES string of the molecule is COc1ccccc1CCNC(=O)C1(C(=O)Nc2ccc(C(C)(C)C)cc2)CC1. The van der Waals surface area contributed by atoms with Gasteiger partial charge in [0.1, 0.15) is 11.2 Å². The zero-order chi connectivity index (χ0) is 21.1. The Kier molecular flexibility index (Phi) is 5.96. The lowest BCUT2D eigenvalue weighted by Gasteiger charge is -2.20. The van der Waals surface area contributed by atoms with E-state index in [1.807, 2.05) is 48.5 Å². The molecule has 1 aliphatic rings. The predicted octanol–water partition coefficient (Wildman–Crippen LogP) is 4.07. The lowest BCUT2D eigenvalue weighted by molar-refractivity contribution is -0.134. The maximum Gasteiger partial charge on any atom is 0.240 e. The van der Waals surface area contributed by atoms with Crippen molar-refractivity contribution in [3.05, 3.63) is 59.7 Å². The van der Waals surface area contributed by atoms with Crippen LogP contribution < -0.4 is 15.4 Å². The van der Waals surface area contributed by atoms with Gasteiger partial charge >= 0.3 is 0 Å². The van der Waals surface area contributed by atoms with E-state index in [2.05, 4.69) is 31.4 Å². The number of ether oxygens (including phenoxy) is 1. The van der Waals surface area contributed by atoms with Gasteiger partial charge in [-0.2, -0.15) is 0 Å². The average Bonchev–Trinajstić information content (AvgIpc) is 3.50. The number of nitrogens with one attached hydrogen (secondary N) is 2. The number of carbonyl (C=O) groups is 2. The molecule has 5 nitrogen and oxygen atoms in total. The first-order chi connectivity index (χ1) is 13.8. The maximum absolute atomic E-state index is 12.8. The van der Waals surface area contributed by atoms with E-state index in [4.69, 9.17) is 4.74 Å². The number of anilines is 1. The Labute approximate surface area is 172 Å². The Bertz CT molecular complexity index is 878. The van der Waals surface area contributed by atoms with E-state index in [1.54, 1.807) is 7.11 Å². The van der Waals surface area contributed by atoms with E-state index in [-0.39, 0.29) is 17.2 Å². The molecule has 154 valence electrons. The van der Waals surface area contributed by atoms with E-state index in [1.165, 1.54) is 5.56 Å². The van der Waals surface area contributed by atoms with E-state index in [0.717, 1.165) is 17.0 Å². The molecule has 0 radical (unpaired) electrons. The number of hydrogen-bond acceptors (Lipinski definition) is 3. The van der Waals surface area contributed by atoms with Crippen molar-refractivity contribution in [1.29, 1.82) is 0 Å². The van der Waals surface area contributed by atoms with Crippen LogP contribution in [0.25, 0.3) is 0 Å². The van der Waals surface area contributed by atoms with Crippen molar-refractivity contribution in [1.82, 2.24) is 5.32 Å². The van der Waals surface area contributed by atoms with Crippen LogP contribution in [0.4, 0.5) is 5.69 Å². The van der Waals surface area contributed by atoms with Crippen molar-refractivity contribution < 1.29 is 14.3 Å². The highest BCUT2D eigenvalue weighted by Gasteiger charge is 2.56. The van der Waals surface area contributed by atoms with Crippen LogP contribution in [0.5, 0.6) is 5.75 Å². The molecule has 5 heteroatoms. The number of para-hydroxylation sites is 1. The summed E-state index contributed by atoms with van der Waals surface area (Å²) in [5.74, 6) is 0.381. The second-order valence-electron chi connectivity index (χ2n) is 8.68. The van der Waals surface area contributed by atoms with E-state index in [0.29, 0.717) is 25.8 Å². The van der Waals surface area contributed by atoms with Crippen LogP contribution in [0.2, 0.25) is 0 Å². The molecule has 0 unspecified atom stereocenters. The van der Waals surface area contributed by atoms with Crippen molar-refractivity contribution in [2.45, 2.75) is 45.4 Å². The van der Waals surface area contributed by atoms with Crippen LogP contribution in [-0.2, 0) is 21.4 Å². The summed E-state index contributed by atoms with van der Waals surface area (Å²) < 4.78 is 5.34. The second kappa shape index (κ2) is 8.27. The van der Waals surface area contributed by atoms with Crippen LogP contribution in [-0.4, -0.2) is 25.5 Å². The summed E-state index contributed by atoms with van der Waals surface area (Å²) in [7, 11) is 1.63. The molecule has 29 heavy (non-hydrogen) atoms. The van der Waals surface area contributed by atoms with Gasteiger partial charge in [0.15, 0.2) is 0 Å². The molecule has 2 N–H and O–H groups in total. The number of benzene rings is 2. The molecule has 0 aromatic heterocycles. The number of methoxy groups -OCH3 is 1. The van der Waals surface area contributed by atoms with E-state index < -0.39 is 5.41 Å². The minimum absolute atomic E-state index is 0.0571. The summed E-state index contributed by atoms with van der Waals surface area (Å²) in [6.45, 7) is 6.91. The molecule has 0 atom stereocenters. The minimum atomic E-state index is -0.941. The van der Waals surface area contributed by atoms with Crippen molar-refractivity contribution >= 4 is 17.5 Å². The molecule has 0 spiro atoms. The highest BCUT2D eigenvalue weighted by Crippen LogP contribution is 2.46. The van der Waals surface area contributed by atoms with Crippen molar-refractivity contribution in [3.63, 3.8) is 0 Å². The zero-order valence-electron chi connectivity index (χ0n) is 17.7. The monoisotopic (exact) mass is 394 g/mol. The molecule has 0 aliphatic heterocycles. The highest BCUT2D eigenvalue weighted by atomic mass is 16.5. The van der Waals surface area contributed by atoms with Gasteiger partial charge in [0, 0.05) is 12.2 Å². The molecule has 0 bridgehead atoms. The normalized spacial score (nSPS) is 14.8. The maximum atomic E-state index is 12.8. The van der Waals surface area contributed by atoms with Gasteiger partial charge in [-0.25, -0.2) is 0 Å². The predicted molar refractivity (Wildman–Crippen MR) is 115 cm³/mol. The molecule has 0 saturated heterocycles. The molecule has 1 saturated carbocycles. The van der Waals surface area contributed by atoms with Crippen molar-refractivity contribution in [2.24, 2.45) is 5.41 Å². The van der Waals surface area contributed by atoms with Crippen LogP contribution in [0.15, 0.2) is 48.5 Å². The Hall–Kier alpha value is -2.82. The fourth-order valence-electron chi connectivity index (χ4n) is 3.38. The van der Waals surface area contributed by atoms with Crippen molar-refractivity contribution in [3.8, 4) is 5.75 Å². The summed E-state index contributed by atoms with van der Waals surface area (Å²) in [5.41, 5.74) is 2.07. The third kappa shape index (κ3) is 4.78. The van der Waals surface area contributed by atoms with Gasteiger partial charge in [0.25, 0.3) is 0 Å². The lowest BCUT2D eigenvalue weighted by atomic mass is 9.87. The molecule has 2 aromatic carbocycles. The van der Waals surface area contributed by atoms with E-state index in [9.17, 15) is 9.59 Å². The van der Waals surface area contributed by atoms with Gasteiger partial charge in [-0.1, -0.05) is 51.1 Å². The third-order valence-corrected chi connectivity index (χ3v) is 5.50. The number of hydrogen-bond donors (Lipinski definition) is 2. The van der Waals surface area contributed by atoms with Crippen LogP contribution in [0.1, 0.15) is 44.7 Å². The second-order valence-corrected chi connectivity index (χ2v) is 8.68. The third-order valence-electron chi connectivity index (χ3n) is 5.50. The zero-order valence-corrected chi connectivity index (χ0v) is 17.7. The summed E-state index contributed by atoms with van der Waals surface area (Å²) in [5, 5.41) is 5.84. The van der Waals surface area contributed by atoms with Gasteiger partial charge in [-0.05, 0) is 54.0 Å². The minimum Gasteiger partial charge on any atom is -0.496 e. The fraction of sp³-hybridized carbons (Fsp3) is 0.417. The Morgan fingerprint density at radius 2 is 1.66 bits per heavy atom. The standard InChI is InChI=1S/C24H30N2O3/c1-23(2,3)18-9-11-19(12-10-18)26-22(28)24(14-15-24)21(27)25-16-13-17-7-5-6-8-20(17)29-4/h5-12H,13-16H2,1-4H3,(H,25,27)(H,26,28). The Morgan fingerprint density at radius 1 is 1.00 bits per heavy atom. The number of amides is 2. The van der Waals surface area contributed by atoms with Crippen LogP contribution >= 0.6 is 0 Å². The fourth-order valence-corrected chi connectivity index (χ4v) is 3.38. The Balaban J connectivity index is 1.56. The summed E-state index contributed by atoms with van der Waals surface area (Å²) in [6.07, 6.45) is 1.82. The highest BCUT2D eigenvalue weighted by molar-refractivity contribution is 6.13. The first-order valence-electron chi connectivity index (χ1n) is 10.1. The average molecular weight is 395 g/mol. The molecule has 0 heterocycles. The summed E-state index contributed by atoms with van der Waals surface area (Å²) in [6, 6.07) is 15.6. The summed E-state index contributed by atoms with van der Waals surface area (Å²) >= 11 is 0. The first kappa shape index (κ1) is 20.9. The number of carbonyl (C=O) groups excluding carboxylic acids is 2. The molecular formula is C24H30N2O3. The van der Waals surface area contributed by atoms with Gasteiger partial charge < -0.3 is 15.4 Å².